The molecule has 4 heteroatoms. The molecule has 2 saturated carbocycles. The van der Waals surface area contributed by atoms with Gasteiger partial charge in [-0.15, -0.1) is 0 Å². The Labute approximate surface area is 156 Å². The number of aliphatic hydroxyl groups is 1. The highest BCUT2D eigenvalue weighted by Gasteiger charge is 2.56. The van der Waals surface area contributed by atoms with Gasteiger partial charge in [-0.2, -0.15) is 0 Å². The van der Waals surface area contributed by atoms with E-state index in [0.717, 1.165) is 38.7 Å². The number of fused-ring (bicyclic) bond motifs is 1. The van der Waals surface area contributed by atoms with Crippen molar-refractivity contribution in [1.29, 1.82) is 0 Å². The van der Waals surface area contributed by atoms with E-state index in [2.05, 4.69) is 12.1 Å². The van der Waals surface area contributed by atoms with E-state index < -0.39 is 0 Å². The third-order valence-corrected chi connectivity index (χ3v) is 6.54. The summed E-state index contributed by atoms with van der Waals surface area (Å²) in [6.45, 7) is 2.96. The molecule has 3 fully saturated rings. The first-order valence-electron chi connectivity index (χ1n) is 10.3. The van der Waals surface area contributed by atoms with Gasteiger partial charge in [0.05, 0.1) is 25.9 Å². The minimum absolute atomic E-state index is 0.165. The average molecular weight is 360 g/mol. The first kappa shape index (κ1) is 18.4. The second-order valence-corrected chi connectivity index (χ2v) is 8.31. The van der Waals surface area contributed by atoms with Crippen LogP contribution in [0, 0.1) is 17.8 Å². The Morgan fingerprint density at radius 1 is 1.04 bits per heavy atom. The Kier molecular flexibility index (Phi) is 5.94. The summed E-state index contributed by atoms with van der Waals surface area (Å²) in [5.41, 5.74) is 1.24. The van der Waals surface area contributed by atoms with Crippen LogP contribution in [0.4, 0.5) is 0 Å². The molecule has 0 amide bonds. The number of rotatable bonds is 8. The lowest BCUT2D eigenvalue weighted by molar-refractivity contribution is -0.158. The van der Waals surface area contributed by atoms with E-state index >= 15 is 0 Å². The van der Waals surface area contributed by atoms with Crippen molar-refractivity contribution < 1.29 is 19.3 Å². The zero-order valence-electron chi connectivity index (χ0n) is 15.6. The van der Waals surface area contributed by atoms with Gasteiger partial charge in [0.1, 0.15) is 0 Å². The maximum Gasteiger partial charge on any atom is 0.169 e. The lowest BCUT2D eigenvalue weighted by Crippen LogP contribution is -2.30. The van der Waals surface area contributed by atoms with E-state index in [1.165, 1.54) is 18.4 Å². The highest BCUT2D eigenvalue weighted by molar-refractivity contribution is 5.13. The molecule has 4 atom stereocenters. The highest BCUT2D eigenvalue weighted by atomic mass is 16.7. The molecule has 1 saturated heterocycles. The average Bonchev–Trinajstić information content (AvgIpc) is 3.33. The summed E-state index contributed by atoms with van der Waals surface area (Å²) >= 11 is 0. The van der Waals surface area contributed by atoms with Crippen molar-refractivity contribution >= 4 is 0 Å². The van der Waals surface area contributed by atoms with Crippen molar-refractivity contribution in [3.05, 3.63) is 35.9 Å². The van der Waals surface area contributed by atoms with Gasteiger partial charge in [0.15, 0.2) is 5.79 Å². The smallest absolute Gasteiger partial charge is 0.169 e. The van der Waals surface area contributed by atoms with Crippen LogP contribution in [0.5, 0.6) is 0 Å². The third kappa shape index (κ3) is 4.14. The first-order chi connectivity index (χ1) is 12.8. The second kappa shape index (κ2) is 8.39. The minimum Gasteiger partial charge on any atom is -0.393 e. The zero-order chi connectivity index (χ0) is 17.8. The van der Waals surface area contributed by atoms with Gasteiger partial charge < -0.3 is 19.3 Å². The molecule has 1 spiro atoms. The summed E-state index contributed by atoms with van der Waals surface area (Å²) < 4.78 is 17.4. The zero-order valence-corrected chi connectivity index (χ0v) is 15.6. The van der Waals surface area contributed by atoms with E-state index in [9.17, 15) is 5.11 Å². The monoisotopic (exact) mass is 360 g/mol. The highest BCUT2D eigenvalue weighted by Crippen LogP contribution is 2.54. The number of hydrogen-bond donors (Lipinski definition) is 1. The van der Waals surface area contributed by atoms with Crippen LogP contribution in [-0.4, -0.2) is 36.8 Å². The Morgan fingerprint density at radius 2 is 1.85 bits per heavy atom. The molecule has 1 aromatic carbocycles. The standard InChI is InChI=1S/C22H32O4/c23-21-18(13-19-14-22(15-20(19)21)25-11-12-26-22)9-5-2-6-10-24-16-17-7-3-1-4-8-17/h1,3-4,7-8,18-21,23H,2,5-6,9-16H2/t18-,19+,20-,21-/m1/s1. The van der Waals surface area contributed by atoms with Crippen LogP contribution in [0.3, 0.4) is 0 Å². The van der Waals surface area contributed by atoms with Gasteiger partial charge in [0.2, 0.25) is 0 Å². The molecule has 1 aromatic rings. The third-order valence-electron chi connectivity index (χ3n) is 6.54. The van der Waals surface area contributed by atoms with Gasteiger partial charge in [-0.05, 0) is 42.6 Å². The van der Waals surface area contributed by atoms with Crippen molar-refractivity contribution in [1.82, 2.24) is 0 Å². The van der Waals surface area contributed by atoms with Gasteiger partial charge in [0, 0.05) is 19.4 Å². The Hall–Kier alpha value is -0.940. The van der Waals surface area contributed by atoms with Crippen LogP contribution in [-0.2, 0) is 20.8 Å². The van der Waals surface area contributed by atoms with E-state index in [-0.39, 0.29) is 11.9 Å². The summed E-state index contributed by atoms with van der Waals surface area (Å²) in [4.78, 5) is 0. The summed E-state index contributed by atoms with van der Waals surface area (Å²) in [7, 11) is 0. The topological polar surface area (TPSA) is 47.9 Å². The molecule has 4 nitrogen and oxygen atoms in total. The van der Waals surface area contributed by atoms with Crippen molar-refractivity contribution in [3.63, 3.8) is 0 Å². The molecule has 1 aliphatic heterocycles. The first-order valence-corrected chi connectivity index (χ1v) is 10.3. The van der Waals surface area contributed by atoms with Crippen molar-refractivity contribution in [2.75, 3.05) is 19.8 Å². The van der Waals surface area contributed by atoms with Gasteiger partial charge in [-0.25, -0.2) is 0 Å². The lowest BCUT2D eigenvalue weighted by atomic mass is 9.93. The molecule has 0 unspecified atom stereocenters. The van der Waals surface area contributed by atoms with E-state index in [4.69, 9.17) is 14.2 Å². The molecule has 0 radical (unpaired) electrons. The van der Waals surface area contributed by atoms with E-state index in [1.807, 2.05) is 18.2 Å². The van der Waals surface area contributed by atoms with Crippen molar-refractivity contribution in [2.24, 2.45) is 17.8 Å². The van der Waals surface area contributed by atoms with Crippen LogP contribution in [0.15, 0.2) is 30.3 Å². The van der Waals surface area contributed by atoms with Gasteiger partial charge in [-0.3, -0.25) is 0 Å². The summed E-state index contributed by atoms with van der Waals surface area (Å²) in [6.07, 6.45) is 7.47. The molecular weight excluding hydrogens is 328 g/mol. The van der Waals surface area contributed by atoms with Gasteiger partial charge in [0.25, 0.3) is 0 Å². The van der Waals surface area contributed by atoms with Gasteiger partial charge >= 0.3 is 0 Å². The number of aliphatic hydroxyl groups excluding tert-OH is 1. The number of hydrogen-bond acceptors (Lipinski definition) is 4. The van der Waals surface area contributed by atoms with Crippen LogP contribution in [0.25, 0.3) is 0 Å². The minimum atomic E-state index is -0.350. The molecule has 2 aliphatic carbocycles. The molecule has 1 N–H and O–H groups in total. The van der Waals surface area contributed by atoms with Crippen LogP contribution in [0.2, 0.25) is 0 Å². The maximum absolute atomic E-state index is 10.7. The number of benzene rings is 1. The van der Waals surface area contributed by atoms with E-state index in [0.29, 0.717) is 37.6 Å². The number of unbranched alkanes of at least 4 members (excludes halogenated alkanes) is 2. The molecule has 26 heavy (non-hydrogen) atoms. The van der Waals surface area contributed by atoms with Gasteiger partial charge in [-0.1, -0.05) is 43.2 Å². The predicted molar refractivity (Wildman–Crippen MR) is 99.5 cm³/mol. The molecule has 1 heterocycles. The van der Waals surface area contributed by atoms with Crippen molar-refractivity contribution in [2.45, 2.75) is 63.4 Å². The molecule has 144 valence electrons. The Balaban J connectivity index is 1.09. The second-order valence-electron chi connectivity index (χ2n) is 8.31. The molecule has 4 rings (SSSR count). The van der Waals surface area contributed by atoms with Crippen LogP contribution < -0.4 is 0 Å². The normalized spacial score (nSPS) is 32.3. The largest absolute Gasteiger partial charge is 0.393 e. The Bertz CT molecular complexity index is 555. The number of ether oxygens (including phenoxy) is 3. The maximum atomic E-state index is 10.7. The summed E-state index contributed by atoms with van der Waals surface area (Å²) in [6, 6.07) is 10.3. The predicted octanol–water partition coefficient (Wildman–Crippen LogP) is 3.91. The molecule has 0 aromatic heterocycles. The lowest BCUT2D eigenvalue weighted by Gasteiger charge is -2.25. The fourth-order valence-electron chi connectivity index (χ4n) is 5.27. The molecular formula is C22H32O4. The summed E-state index contributed by atoms with van der Waals surface area (Å²) in [5, 5.41) is 10.7. The van der Waals surface area contributed by atoms with Crippen LogP contribution in [0.1, 0.15) is 50.5 Å². The van der Waals surface area contributed by atoms with E-state index in [1.54, 1.807) is 0 Å². The molecule has 3 aliphatic rings. The summed E-state index contributed by atoms with van der Waals surface area (Å²) in [5.74, 6) is 1.08. The fourth-order valence-corrected chi connectivity index (χ4v) is 5.27. The quantitative estimate of drug-likeness (QED) is 0.714. The Morgan fingerprint density at radius 3 is 2.62 bits per heavy atom. The fraction of sp³-hybridized carbons (Fsp3) is 0.727. The van der Waals surface area contributed by atoms with Crippen LogP contribution >= 0.6 is 0 Å². The SMILES string of the molecule is O[C@@H]1[C@H](CCCCCOCc2ccccc2)C[C@H]2CC3(C[C@H]21)OCCO3. The van der Waals surface area contributed by atoms with Crippen molar-refractivity contribution in [3.8, 4) is 0 Å². The molecule has 0 bridgehead atoms.